The number of hydrogen-bond acceptors (Lipinski definition) is 4. The number of ether oxygens (including phenoxy) is 1. The van der Waals surface area contributed by atoms with Crippen LogP contribution in [-0.2, 0) is 9.53 Å². The van der Waals surface area contributed by atoms with Gasteiger partial charge in [0, 0.05) is 45.8 Å². The number of nitrogens with one attached hydrogen (secondary N) is 1. The lowest BCUT2D eigenvalue weighted by molar-refractivity contribution is -0.133. The molecule has 138 valence electrons. The number of piperidine rings is 1. The third-order valence-corrected chi connectivity index (χ3v) is 4.92. The standard InChI is InChI=1S/C16H31N3O2.2ClH/c1-14(13-21-2)18-9-11-19(12-10-18)16(20)4-3-15-5-7-17-8-6-15;;/h14-15,17H,3-13H2,1-2H3;2*1H. The third-order valence-electron chi connectivity index (χ3n) is 4.92. The minimum atomic E-state index is 0. The molecule has 2 aliphatic rings. The van der Waals surface area contributed by atoms with Crippen LogP contribution in [0.15, 0.2) is 0 Å². The predicted octanol–water partition coefficient (Wildman–Crippen LogP) is 1.79. The van der Waals surface area contributed by atoms with Crippen LogP contribution in [0.25, 0.3) is 0 Å². The molecular formula is C16H33Cl2N3O2. The summed E-state index contributed by atoms with van der Waals surface area (Å²) < 4.78 is 5.21. The van der Waals surface area contributed by atoms with E-state index < -0.39 is 0 Å². The highest BCUT2D eigenvalue weighted by Crippen LogP contribution is 2.19. The Labute approximate surface area is 153 Å². The summed E-state index contributed by atoms with van der Waals surface area (Å²) in [7, 11) is 1.75. The van der Waals surface area contributed by atoms with E-state index in [2.05, 4.69) is 22.0 Å². The Hall–Kier alpha value is -0.0700. The van der Waals surface area contributed by atoms with Gasteiger partial charge in [0.05, 0.1) is 6.61 Å². The average Bonchev–Trinajstić information content (AvgIpc) is 2.54. The minimum absolute atomic E-state index is 0. The second-order valence-electron chi connectivity index (χ2n) is 6.45. The van der Waals surface area contributed by atoms with Crippen molar-refractivity contribution in [3.63, 3.8) is 0 Å². The van der Waals surface area contributed by atoms with E-state index in [0.29, 0.717) is 11.9 Å². The van der Waals surface area contributed by atoms with Gasteiger partial charge in [-0.3, -0.25) is 9.69 Å². The minimum Gasteiger partial charge on any atom is -0.383 e. The van der Waals surface area contributed by atoms with E-state index in [9.17, 15) is 4.79 Å². The fourth-order valence-corrected chi connectivity index (χ4v) is 3.41. The molecule has 0 spiro atoms. The van der Waals surface area contributed by atoms with Crippen LogP contribution in [0, 0.1) is 5.92 Å². The van der Waals surface area contributed by atoms with Crippen LogP contribution in [0.1, 0.15) is 32.6 Å². The molecule has 0 radical (unpaired) electrons. The first-order valence-corrected chi connectivity index (χ1v) is 8.42. The monoisotopic (exact) mass is 369 g/mol. The van der Waals surface area contributed by atoms with Crippen molar-refractivity contribution >= 4 is 30.7 Å². The molecule has 1 amide bonds. The predicted molar refractivity (Wildman–Crippen MR) is 98.8 cm³/mol. The molecule has 0 aromatic heterocycles. The lowest BCUT2D eigenvalue weighted by Gasteiger charge is -2.38. The second-order valence-corrected chi connectivity index (χ2v) is 6.45. The van der Waals surface area contributed by atoms with Crippen LogP contribution in [0.2, 0.25) is 0 Å². The highest BCUT2D eigenvalue weighted by atomic mass is 35.5. The van der Waals surface area contributed by atoms with Crippen molar-refractivity contribution in [2.24, 2.45) is 5.92 Å². The fourth-order valence-electron chi connectivity index (χ4n) is 3.41. The summed E-state index contributed by atoms with van der Waals surface area (Å²) in [5.41, 5.74) is 0. The summed E-state index contributed by atoms with van der Waals surface area (Å²) in [5.74, 6) is 1.10. The van der Waals surface area contributed by atoms with E-state index in [1.54, 1.807) is 7.11 Å². The Bertz CT molecular complexity index is 320. The van der Waals surface area contributed by atoms with Gasteiger partial charge in [-0.25, -0.2) is 0 Å². The van der Waals surface area contributed by atoms with Gasteiger partial charge in [0.15, 0.2) is 0 Å². The fraction of sp³-hybridized carbons (Fsp3) is 0.938. The molecule has 0 bridgehead atoms. The quantitative estimate of drug-likeness (QED) is 0.774. The number of nitrogens with zero attached hydrogens (tertiary/aromatic N) is 2. The summed E-state index contributed by atoms with van der Waals surface area (Å²) in [5, 5.41) is 3.38. The van der Waals surface area contributed by atoms with E-state index in [-0.39, 0.29) is 24.8 Å². The number of rotatable bonds is 6. The number of carbonyl (C=O) groups is 1. The van der Waals surface area contributed by atoms with E-state index in [4.69, 9.17) is 4.74 Å². The van der Waals surface area contributed by atoms with Crippen molar-refractivity contribution in [1.82, 2.24) is 15.1 Å². The maximum Gasteiger partial charge on any atom is 0.222 e. The highest BCUT2D eigenvalue weighted by Gasteiger charge is 2.24. The summed E-state index contributed by atoms with van der Waals surface area (Å²) in [4.78, 5) is 16.8. The molecule has 0 saturated carbocycles. The third kappa shape index (κ3) is 7.57. The maximum atomic E-state index is 12.3. The summed E-state index contributed by atoms with van der Waals surface area (Å²) in [6, 6.07) is 0.446. The van der Waals surface area contributed by atoms with Gasteiger partial charge in [0.2, 0.25) is 5.91 Å². The average molecular weight is 370 g/mol. The smallest absolute Gasteiger partial charge is 0.222 e. The molecule has 5 nitrogen and oxygen atoms in total. The number of piperazine rings is 1. The first kappa shape index (κ1) is 22.9. The normalized spacial score (nSPS) is 21.2. The Morgan fingerprint density at radius 2 is 1.78 bits per heavy atom. The van der Waals surface area contributed by atoms with Crippen LogP contribution in [0.4, 0.5) is 0 Å². The van der Waals surface area contributed by atoms with Gasteiger partial charge in [-0.05, 0) is 45.2 Å². The molecule has 2 aliphatic heterocycles. The van der Waals surface area contributed by atoms with E-state index in [1.807, 2.05) is 0 Å². The summed E-state index contributed by atoms with van der Waals surface area (Å²) in [6.45, 7) is 8.90. The van der Waals surface area contributed by atoms with Gasteiger partial charge >= 0.3 is 0 Å². The van der Waals surface area contributed by atoms with Gasteiger partial charge in [-0.2, -0.15) is 0 Å². The molecule has 7 heteroatoms. The molecular weight excluding hydrogens is 337 g/mol. The van der Waals surface area contributed by atoms with Crippen molar-refractivity contribution in [2.45, 2.75) is 38.6 Å². The first-order chi connectivity index (χ1) is 10.2. The van der Waals surface area contributed by atoms with Gasteiger partial charge in [0.25, 0.3) is 0 Å². The molecule has 2 rings (SSSR count). The van der Waals surface area contributed by atoms with Gasteiger partial charge < -0.3 is 15.0 Å². The van der Waals surface area contributed by atoms with E-state index >= 15 is 0 Å². The van der Waals surface area contributed by atoms with E-state index in [0.717, 1.165) is 64.6 Å². The second kappa shape index (κ2) is 12.3. The molecule has 0 aromatic rings. The van der Waals surface area contributed by atoms with Crippen molar-refractivity contribution in [3.8, 4) is 0 Å². The molecule has 2 heterocycles. The zero-order chi connectivity index (χ0) is 15.1. The topological polar surface area (TPSA) is 44.8 Å². The zero-order valence-corrected chi connectivity index (χ0v) is 16.1. The van der Waals surface area contributed by atoms with Crippen LogP contribution in [-0.4, -0.2) is 74.7 Å². The number of halogens is 2. The Morgan fingerprint density at radius 1 is 1.17 bits per heavy atom. The SMILES string of the molecule is COCC(C)N1CCN(C(=O)CCC2CCNCC2)CC1.Cl.Cl. The van der Waals surface area contributed by atoms with E-state index in [1.165, 1.54) is 12.8 Å². The lowest BCUT2D eigenvalue weighted by atomic mass is 9.93. The van der Waals surface area contributed by atoms with Gasteiger partial charge in [0.1, 0.15) is 0 Å². The van der Waals surface area contributed by atoms with Gasteiger partial charge in [-0.1, -0.05) is 0 Å². The highest BCUT2D eigenvalue weighted by molar-refractivity contribution is 5.85. The van der Waals surface area contributed by atoms with Crippen LogP contribution >= 0.6 is 24.8 Å². The summed E-state index contributed by atoms with van der Waals surface area (Å²) in [6.07, 6.45) is 4.27. The molecule has 23 heavy (non-hydrogen) atoms. The van der Waals surface area contributed by atoms with Crippen molar-refractivity contribution in [3.05, 3.63) is 0 Å². The number of amides is 1. The van der Waals surface area contributed by atoms with Crippen molar-refractivity contribution in [2.75, 3.05) is 53.0 Å². The molecule has 2 saturated heterocycles. The van der Waals surface area contributed by atoms with Crippen molar-refractivity contribution in [1.29, 1.82) is 0 Å². The lowest BCUT2D eigenvalue weighted by Crippen LogP contribution is -2.52. The van der Waals surface area contributed by atoms with Crippen LogP contribution in [0.5, 0.6) is 0 Å². The number of methoxy groups -OCH3 is 1. The van der Waals surface area contributed by atoms with Crippen molar-refractivity contribution < 1.29 is 9.53 Å². The number of carbonyl (C=O) groups excluding carboxylic acids is 1. The number of hydrogen-bond donors (Lipinski definition) is 1. The molecule has 0 aromatic carbocycles. The Balaban J connectivity index is 0.00000242. The molecule has 1 N–H and O–H groups in total. The Kier molecular flexibility index (Phi) is 12.3. The molecule has 2 fully saturated rings. The van der Waals surface area contributed by atoms with Crippen LogP contribution < -0.4 is 5.32 Å². The largest absolute Gasteiger partial charge is 0.383 e. The maximum absolute atomic E-state index is 12.3. The zero-order valence-electron chi connectivity index (χ0n) is 14.5. The molecule has 1 atom stereocenters. The Morgan fingerprint density at radius 3 is 2.35 bits per heavy atom. The first-order valence-electron chi connectivity index (χ1n) is 8.42. The van der Waals surface area contributed by atoms with Crippen LogP contribution in [0.3, 0.4) is 0 Å². The summed E-state index contributed by atoms with van der Waals surface area (Å²) >= 11 is 0. The van der Waals surface area contributed by atoms with Gasteiger partial charge in [-0.15, -0.1) is 24.8 Å². The molecule has 0 aliphatic carbocycles. The molecule has 1 unspecified atom stereocenters.